The largest absolute Gasteiger partial charge is 0.379 e. The summed E-state index contributed by atoms with van der Waals surface area (Å²) >= 11 is 0. The summed E-state index contributed by atoms with van der Waals surface area (Å²) in [6.45, 7) is 0.805. The Morgan fingerprint density at radius 2 is 2.24 bits per heavy atom. The van der Waals surface area contributed by atoms with E-state index in [4.69, 9.17) is 10.5 Å². The number of hydrogen-bond acceptors (Lipinski definition) is 4. The highest BCUT2D eigenvalue weighted by atomic mass is 16.5. The van der Waals surface area contributed by atoms with Gasteiger partial charge in [0.2, 0.25) is 11.8 Å². The molecule has 6 heteroatoms. The molecule has 0 bridgehead atoms. The molecule has 0 aromatic rings. The van der Waals surface area contributed by atoms with E-state index in [2.05, 4.69) is 5.32 Å². The zero-order valence-electron chi connectivity index (χ0n) is 10.1. The third-order valence-electron chi connectivity index (χ3n) is 3.15. The first-order chi connectivity index (χ1) is 8.01. The number of carbonyl (C=O) groups excluding carboxylic acids is 2. The molecule has 1 heterocycles. The summed E-state index contributed by atoms with van der Waals surface area (Å²) in [6, 6.07) is 0.313. The molecular weight excluding hydrogens is 222 g/mol. The average molecular weight is 241 g/mol. The number of hydrogen-bond donors (Lipinski definition) is 2. The number of ether oxygens (including phenoxy) is 1. The van der Waals surface area contributed by atoms with Crippen molar-refractivity contribution in [2.75, 3.05) is 26.8 Å². The van der Waals surface area contributed by atoms with Gasteiger partial charge in [0.25, 0.3) is 0 Å². The molecule has 0 aromatic carbocycles. The van der Waals surface area contributed by atoms with Gasteiger partial charge in [0.05, 0.1) is 13.2 Å². The van der Waals surface area contributed by atoms with E-state index in [9.17, 15) is 9.59 Å². The van der Waals surface area contributed by atoms with Gasteiger partial charge in [-0.2, -0.15) is 0 Å². The van der Waals surface area contributed by atoms with Crippen molar-refractivity contribution in [3.63, 3.8) is 0 Å². The van der Waals surface area contributed by atoms with Gasteiger partial charge in [0.15, 0.2) is 0 Å². The number of likely N-dealkylation sites (N-methyl/N-ethyl adjacent to an activating group) is 1. The van der Waals surface area contributed by atoms with Crippen LogP contribution in [0.3, 0.4) is 0 Å². The molecule has 2 fully saturated rings. The van der Waals surface area contributed by atoms with Gasteiger partial charge in [-0.25, -0.2) is 0 Å². The van der Waals surface area contributed by atoms with Gasteiger partial charge >= 0.3 is 0 Å². The maximum atomic E-state index is 12.0. The Labute approximate surface area is 100 Å². The fourth-order valence-electron chi connectivity index (χ4n) is 1.92. The molecule has 0 radical (unpaired) electrons. The minimum absolute atomic E-state index is 0.0638. The highest BCUT2D eigenvalue weighted by molar-refractivity contribution is 5.90. The molecule has 2 aliphatic rings. The van der Waals surface area contributed by atoms with Crippen LogP contribution in [0.25, 0.3) is 0 Å². The second-order valence-electron chi connectivity index (χ2n) is 4.96. The molecule has 1 unspecified atom stereocenters. The van der Waals surface area contributed by atoms with Crippen molar-refractivity contribution in [3.05, 3.63) is 0 Å². The number of nitrogens with zero attached hydrogens (tertiary/aromatic N) is 1. The Morgan fingerprint density at radius 1 is 1.53 bits per heavy atom. The molecule has 96 valence electrons. The van der Waals surface area contributed by atoms with Crippen LogP contribution < -0.4 is 11.1 Å². The van der Waals surface area contributed by atoms with Gasteiger partial charge in [-0.1, -0.05) is 0 Å². The molecule has 0 spiro atoms. The van der Waals surface area contributed by atoms with E-state index in [1.165, 1.54) is 4.90 Å². The van der Waals surface area contributed by atoms with Gasteiger partial charge < -0.3 is 20.7 Å². The van der Waals surface area contributed by atoms with Crippen LogP contribution in [0.15, 0.2) is 0 Å². The second kappa shape index (κ2) is 4.62. The van der Waals surface area contributed by atoms with Gasteiger partial charge in [0.1, 0.15) is 5.54 Å². The number of rotatable bonds is 4. The summed E-state index contributed by atoms with van der Waals surface area (Å²) < 4.78 is 5.14. The molecule has 2 amide bonds. The van der Waals surface area contributed by atoms with Gasteiger partial charge in [-0.15, -0.1) is 0 Å². The van der Waals surface area contributed by atoms with Crippen LogP contribution in [0.5, 0.6) is 0 Å². The van der Waals surface area contributed by atoms with Crippen molar-refractivity contribution in [3.8, 4) is 0 Å². The molecular formula is C11H19N3O3. The van der Waals surface area contributed by atoms with Crippen LogP contribution in [-0.2, 0) is 14.3 Å². The standard InChI is InChI=1S/C11H19N3O3/c1-14(6-9(15)13-8-2-3-8)10(16)11(12)4-5-17-7-11/h8H,2-7,12H2,1H3,(H,13,15). The van der Waals surface area contributed by atoms with Crippen molar-refractivity contribution in [1.82, 2.24) is 10.2 Å². The van der Waals surface area contributed by atoms with Crippen LogP contribution in [0, 0.1) is 0 Å². The summed E-state index contributed by atoms with van der Waals surface area (Å²) in [7, 11) is 1.60. The van der Waals surface area contributed by atoms with Crippen molar-refractivity contribution in [2.24, 2.45) is 5.73 Å². The summed E-state index contributed by atoms with van der Waals surface area (Å²) in [4.78, 5) is 25.0. The highest BCUT2D eigenvalue weighted by Crippen LogP contribution is 2.19. The van der Waals surface area contributed by atoms with Crippen molar-refractivity contribution >= 4 is 11.8 Å². The van der Waals surface area contributed by atoms with Crippen LogP contribution in [-0.4, -0.2) is 55.1 Å². The van der Waals surface area contributed by atoms with E-state index in [1.807, 2.05) is 0 Å². The minimum Gasteiger partial charge on any atom is -0.379 e. The molecule has 17 heavy (non-hydrogen) atoms. The normalized spacial score (nSPS) is 27.9. The maximum Gasteiger partial charge on any atom is 0.245 e. The van der Waals surface area contributed by atoms with Gasteiger partial charge in [0, 0.05) is 19.7 Å². The molecule has 6 nitrogen and oxygen atoms in total. The molecule has 1 saturated carbocycles. The fraction of sp³-hybridized carbons (Fsp3) is 0.818. The Hall–Kier alpha value is -1.14. The quantitative estimate of drug-likeness (QED) is 0.650. The van der Waals surface area contributed by atoms with Crippen LogP contribution in [0.2, 0.25) is 0 Å². The topological polar surface area (TPSA) is 84.7 Å². The predicted molar refractivity (Wildman–Crippen MR) is 61.2 cm³/mol. The molecule has 2 rings (SSSR count). The zero-order valence-corrected chi connectivity index (χ0v) is 10.1. The molecule has 1 aliphatic heterocycles. The van der Waals surface area contributed by atoms with Crippen LogP contribution in [0.4, 0.5) is 0 Å². The summed E-state index contributed by atoms with van der Waals surface area (Å²) in [5, 5.41) is 2.84. The highest BCUT2D eigenvalue weighted by Gasteiger charge is 2.40. The zero-order chi connectivity index (χ0) is 12.5. The lowest BCUT2D eigenvalue weighted by Crippen LogP contribution is -2.56. The lowest BCUT2D eigenvalue weighted by Gasteiger charge is -2.27. The van der Waals surface area contributed by atoms with Crippen molar-refractivity contribution < 1.29 is 14.3 Å². The van der Waals surface area contributed by atoms with Crippen molar-refractivity contribution in [2.45, 2.75) is 30.8 Å². The van der Waals surface area contributed by atoms with E-state index in [0.29, 0.717) is 19.1 Å². The Morgan fingerprint density at radius 3 is 2.76 bits per heavy atom. The fourth-order valence-corrected chi connectivity index (χ4v) is 1.92. The van der Waals surface area contributed by atoms with E-state index in [0.717, 1.165) is 12.8 Å². The number of nitrogens with two attached hydrogens (primary N) is 1. The lowest BCUT2D eigenvalue weighted by molar-refractivity contribution is -0.139. The minimum atomic E-state index is -0.950. The van der Waals surface area contributed by atoms with E-state index in [1.54, 1.807) is 7.05 Å². The third-order valence-corrected chi connectivity index (χ3v) is 3.15. The first kappa shape index (κ1) is 12.3. The lowest BCUT2D eigenvalue weighted by atomic mass is 9.98. The second-order valence-corrected chi connectivity index (χ2v) is 4.96. The number of amides is 2. The summed E-state index contributed by atoms with van der Waals surface area (Å²) in [5.41, 5.74) is 5.00. The van der Waals surface area contributed by atoms with Gasteiger partial charge in [-0.05, 0) is 19.3 Å². The first-order valence-corrected chi connectivity index (χ1v) is 5.93. The monoisotopic (exact) mass is 241 g/mol. The van der Waals surface area contributed by atoms with E-state index < -0.39 is 5.54 Å². The van der Waals surface area contributed by atoms with Crippen LogP contribution >= 0.6 is 0 Å². The Kier molecular flexibility index (Phi) is 3.35. The molecule has 1 saturated heterocycles. The molecule has 3 N–H and O–H groups in total. The number of carbonyl (C=O) groups is 2. The van der Waals surface area contributed by atoms with Crippen LogP contribution in [0.1, 0.15) is 19.3 Å². The first-order valence-electron chi connectivity index (χ1n) is 5.93. The Balaban J connectivity index is 1.83. The van der Waals surface area contributed by atoms with Crippen molar-refractivity contribution in [1.29, 1.82) is 0 Å². The SMILES string of the molecule is CN(CC(=O)NC1CC1)C(=O)C1(N)CCOC1. The number of nitrogens with one attached hydrogen (secondary N) is 1. The van der Waals surface area contributed by atoms with Gasteiger partial charge in [-0.3, -0.25) is 9.59 Å². The summed E-state index contributed by atoms with van der Waals surface area (Å²) in [6.07, 6.45) is 2.59. The summed E-state index contributed by atoms with van der Waals surface area (Å²) in [5.74, 6) is -0.341. The molecule has 1 atom stereocenters. The third kappa shape index (κ3) is 2.95. The maximum absolute atomic E-state index is 12.0. The van der Waals surface area contributed by atoms with E-state index >= 15 is 0 Å². The smallest absolute Gasteiger partial charge is 0.245 e. The Bertz CT molecular complexity index is 322. The average Bonchev–Trinajstić information content (AvgIpc) is 2.96. The molecule has 0 aromatic heterocycles. The predicted octanol–water partition coefficient (Wildman–Crippen LogP) is -1.16. The molecule has 1 aliphatic carbocycles. The van der Waals surface area contributed by atoms with E-state index in [-0.39, 0.29) is 25.0 Å².